The molecule has 3 aromatic rings. The number of hydrogen-bond donors (Lipinski definition) is 1. The average molecular weight is 382 g/mol. The zero-order valence-electron chi connectivity index (χ0n) is 14.6. The topological polar surface area (TPSA) is 38.3 Å². The van der Waals surface area contributed by atoms with E-state index in [9.17, 15) is 9.18 Å². The Kier molecular flexibility index (Phi) is 4.68. The van der Waals surface area contributed by atoms with Gasteiger partial charge in [-0.1, -0.05) is 35.9 Å². The predicted octanol–water partition coefficient (Wildman–Crippen LogP) is 6.16. The number of rotatable bonds is 3. The van der Waals surface area contributed by atoms with Crippen molar-refractivity contribution in [3.63, 3.8) is 0 Å². The second-order valence-electron chi connectivity index (χ2n) is 6.45. The standard InChI is InChI=1S/C22H17ClFNO2/c1-27-22-12-21(26)16-8-7-14(25-20-9-6-13(24)10-19(20)23)11-18(16)15-4-2-3-5-17(15)22/h2-11,22,25H,12H2,1H3. The molecule has 1 N–H and O–H groups in total. The summed E-state index contributed by atoms with van der Waals surface area (Å²) in [5.41, 5.74) is 4.83. The molecule has 27 heavy (non-hydrogen) atoms. The molecule has 3 nitrogen and oxygen atoms in total. The number of halogens is 2. The third kappa shape index (κ3) is 3.34. The molecule has 0 aromatic heterocycles. The molecule has 1 atom stereocenters. The molecule has 136 valence electrons. The van der Waals surface area contributed by atoms with Crippen LogP contribution < -0.4 is 5.32 Å². The molecule has 1 unspecified atom stereocenters. The molecule has 3 aromatic carbocycles. The maximum atomic E-state index is 13.3. The fourth-order valence-corrected chi connectivity index (χ4v) is 3.67. The zero-order chi connectivity index (χ0) is 19.0. The smallest absolute Gasteiger partial charge is 0.166 e. The molecule has 0 spiro atoms. The summed E-state index contributed by atoms with van der Waals surface area (Å²) >= 11 is 6.12. The maximum Gasteiger partial charge on any atom is 0.166 e. The quantitative estimate of drug-likeness (QED) is 0.590. The number of fused-ring (bicyclic) bond motifs is 3. The molecule has 1 aliphatic rings. The van der Waals surface area contributed by atoms with Gasteiger partial charge in [-0.2, -0.15) is 0 Å². The third-order valence-corrected chi connectivity index (χ3v) is 5.10. The van der Waals surface area contributed by atoms with E-state index >= 15 is 0 Å². The van der Waals surface area contributed by atoms with Gasteiger partial charge in [0.1, 0.15) is 5.82 Å². The molecule has 0 amide bonds. The SMILES string of the molecule is COC1CC(=O)c2ccc(Nc3ccc(F)cc3Cl)cc2-c2ccccc21. The van der Waals surface area contributed by atoms with E-state index in [0.717, 1.165) is 22.4 Å². The summed E-state index contributed by atoms with van der Waals surface area (Å²) in [5, 5.41) is 3.49. The van der Waals surface area contributed by atoms with E-state index in [4.69, 9.17) is 16.3 Å². The molecule has 4 rings (SSSR count). The van der Waals surface area contributed by atoms with Crippen molar-refractivity contribution in [1.29, 1.82) is 0 Å². The van der Waals surface area contributed by atoms with Gasteiger partial charge in [0, 0.05) is 24.8 Å². The fourth-order valence-electron chi connectivity index (χ4n) is 3.46. The van der Waals surface area contributed by atoms with Crippen LogP contribution in [-0.2, 0) is 4.74 Å². The summed E-state index contributed by atoms with van der Waals surface area (Å²) in [4.78, 5) is 12.7. The van der Waals surface area contributed by atoms with Crippen molar-refractivity contribution in [2.45, 2.75) is 12.5 Å². The summed E-state index contributed by atoms with van der Waals surface area (Å²) in [6.45, 7) is 0. The normalized spacial score (nSPS) is 15.7. The highest BCUT2D eigenvalue weighted by Gasteiger charge is 2.27. The number of benzene rings is 3. The lowest BCUT2D eigenvalue weighted by atomic mass is 9.95. The van der Waals surface area contributed by atoms with Crippen molar-refractivity contribution in [3.05, 3.63) is 82.6 Å². The number of hydrogen-bond acceptors (Lipinski definition) is 3. The molecule has 0 heterocycles. The molecule has 0 saturated heterocycles. The second-order valence-corrected chi connectivity index (χ2v) is 6.86. The first-order chi connectivity index (χ1) is 13.1. The van der Waals surface area contributed by atoms with Gasteiger partial charge in [0.05, 0.1) is 16.8 Å². The zero-order valence-corrected chi connectivity index (χ0v) is 15.4. The van der Waals surface area contributed by atoms with E-state index < -0.39 is 5.82 Å². The van der Waals surface area contributed by atoms with Crippen LogP contribution in [0.3, 0.4) is 0 Å². The highest BCUT2D eigenvalue weighted by molar-refractivity contribution is 6.33. The Bertz CT molecular complexity index is 1030. The first kappa shape index (κ1) is 17.7. The van der Waals surface area contributed by atoms with Gasteiger partial charge in [-0.05, 0) is 53.1 Å². The first-order valence-corrected chi connectivity index (χ1v) is 8.96. The number of carbonyl (C=O) groups is 1. The Balaban J connectivity index is 1.81. The number of carbonyl (C=O) groups excluding carboxylic acids is 1. The van der Waals surface area contributed by atoms with Gasteiger partial charge in [0.25, 0.3) is 0 Å². The molecule has 0 saturated carbocycles. The van der Waals surface area contributed by atoms with E-state index in [0.29, 0.717) is 22.7 Å². The third-order valence-electron chi connectivity index (χ3n) is 4.78. The van der Waals surface area contributed by atoms with Gasteiger partial charge < -0.3 is 10.1 Å². The van der Waals surface area contributed by atoms with Crippen LogP contribution in [0.4, 0.5) is 15.8 Å². The molecular weight excluding hydrogens is 365 g/mol. The minimum Gasteiger partial charge on any atom is -0.376 e. The molecule has 0 bridgehead atoms. The Labute approximate surface area is 161 Å². The van der Waals surface area contributed by atoms with Gasteiger partial charge in [-0.15, -0.1) is 0 Å². The van der Waals surface area contributed by atoms with Crippen LogP contribution in [0.5, 0.6) is 0 Å². The van der Waals surface area contributed by atoms with Gasteiger partial charge in [-0.25, -0.2) is 4.39 Å². The van der Waals surface area contributed by atoms with E-state index in [2.05, 4.69) is 5.32 Å². The number of nitrogens with one attached hydrogen (secondary N) is 1. The van der Waals surface area contributed by atoms with Crippen LogP contribution in [0.2, 0.25) is 5.02 Å². The Hall–Kier alpha value is -2.69. The van der Waals surface area contributed by atoms with Crippen LogP contribution in [0.1, 0.15) is 28.4 Å². The minimum atomic E-state index is -0.391. The number of ether oxygens (including phenoxy) is 1. The Morgan fingerprint density at radius 1 is 1.04 bits per heavy atom. The lowest BCUT2D eigenvalue weighted by Gasteiger charge is -2.15. The fraction of sp³-hybridized carbons (Fsp3) is 0.136. The predicted molar refractivity (Wildman–Crippen MR) is 105 cm³/mol. The van der Waals surface area contributed by atoms with Crippen molar-refractivity contribution in [2.24, 2.45) is 0 Å². The van der Waals surface area contributed by atoms with Crippen LogP contribution in [0.25, 0.3) is 11.1 Å². The Morgan fingerprint density at radius 2 is 1.85 bits per heavy atom. The van der Waals surface area contributed by atoms with Crippen molar-refractivity contribution >= 4 is 28.8 Å². The average Bonchev–Trinajstić information content (AvgIpc) is 2.79. The lowest BCUT2D eigenvalue weighted by Crippen LogP contribution is -2.07. The number of methoxy groups -OCH3 is 1. The number of anilines is 2. The number of ketones is 1. The molecular formula is C22H17ClFNO2. The van der Waals surface area contributed by atoms with Crippen molar-refractivity contribution in [1.82, 2.24) is 0 Å². The lowest BCUT2D eigenvalue weighted by molar-refractivity contribution is 0.0739. The summed E-state index contributed by atoms with van der Waals surface area (Å²) < 4.78 is 18.8. The molecule has 0 aliphatic heterocycles. The van der Waals surface area contributed by atoms with Crippen LogP contribution in [0.15, 0.2) is 60.7 Å². The largest absolute Gasteiger partial charge is 0.376 e. The van der Waals surface area contributed by atoms with E-state index in [1.54, 1.807) is 13.2 Å². The van der Waals surface area contributed by atoms with E-state index in [-0.39, 0.29) is 11.9 Å². The highest BCUT2D eigenvalue weighted by Crippen LogP contribution is 2.40. The van der Waals surface area contributed by atoms with Crippen LogP contribution in [-0.4, -0.2) is 12.9 Å². The van der Waals surface area contributed by atoms with Gasteiger partial charge in [0.15, 0.2) is 5.78 Å². The van der Waals surface area contributed by atoms with Gasteiger partial charge in [0.2, 0.25) is 0 Å². The maximum absolute atomic E-state index is 13.3. The number of Topliss-reactive ketones (excluding diaryl/α,β-unsaturated/α-hetero) is 1. The molecule has 5 heteroatoms. The summed E-state index contributed by atoms with van der Waals surface area (Å²) in [6, 6.07) is 17.6. The molecule has 0 fully saturated rings. The van der Waals surface area contributed by atoms with Gasteiger partial charge in [-0.3, -0.25) is 4.79 Å². The monoisotopic (exact) mass is 381 g/mol. The van der Waals surface area contributed by atoms with E-state index in [1.807, 2.05) is 42.5 Å². The van der Waals surface area contributed by atoms with Crippen molar-refractivity contribution in [3.8, 4) is 11.1 Å². The van der Waals surface area contributed by atoms with Crippen LogP contribution >= 0.6 is 11.6 Å². The minimum absolute atomic E-state index is 0.0411. The second kappa shape index (κ2) is 7.14. The van der Waals surface area contributed by atoms with E-state index in [1.165, 1.54) is 12.1 Å². The summed E-state index contributed by atoms with van der Waals surface area (Å²) in [5.74, 6) is -0.350. The molecule has 1 aliphatic carbocycles. The summed E-state index contributed by atoms with van der Waals surface area (Å²) in [6.07, 6.45) is 0.0286. The van der Waals surface area contributed by atoms with Crippen molar-refractivity contribution < 1.29 is 13.9 Å². The van der Waals surface area contributed by atoms with Crippen LogP contribution in [0, 0.1) is 5.82 Å². The highest BCUT2D eigenvalue weighted by atomic mass is 35.5. The van der Waals surface area contributed by atoms with Gasteiger partial charge >= 0.3 is 0 Å². The molecule has 0 radical (unpaired) electrons. The Morgan fingerprint density at radius 3 is 2.63 bits per heavy atom. The summed E-state index contributed by atoms with van der Waals surface area (Å²) in [7, 11) is 1.62. The van der Waals surface area contributed by atoms with Crippen molar-refractivity contribution in [2.75, 3.05) is 12.4 Å². The first-order valence-electron chi connectivity index (χ1n) is 8.58.